The van der Waals surface area contributed by atoms with Crippen LogP contribution in [0.4, 0.5) is 5.69 Å². The average Bonchev–Trinajstić information content (AvgIpc) is 2.53. The van der Waals surface area contributed by atoms with Gasteiger partial charge < -0.3 is 10.1 Å². The van der Waals surface area contributed by atoms with E-state index in [1.807, 2.05) is 13.0 Å². The lowest BCUT2D eigenvalue weighted by Crippen LogP contribution is -2.24. The zero-order valence-electron chi connectivity index (χ0n) is 14.0. The second kappa shape index (κ2) is 7.94. The molecule has 0 aliphatic heterocycles. The quantitative estimate of drug-likeness (QED) is 0.798. The normalized spacial score (nSPS) is 11.0. The van der Waals surface area contributed by atoms with Gasteiger partial charge >= 0.3 is 5.97 Å². The number of ether oxygens (including phenoxy) is 1. The van der Waals surface area contributed by atoms with Gasteiger partial charge in [-0.25, -0.2) is 13.2 Å². The number of carbonyl (C=O) groups excluding carboxylic acids is 2. The molecule has 1 N–H and O–H groups in total. The average molecular weight is 361 g/mol. The highest BCUT2D eigenvalue weighted by Crippen LogP contribution is 2.13. The van der Waals surface area contributed by atoms with Crippen molar-refractivity contribution >= 4 is 27.4 Å². The molecule has 25 heavy (non-hydrogen) atoms. The highest BCUT2D eigenvalue weighted by atomic mass is 32.2. The Morgan fingerprint density at radius 1 is 1.08 bits per heavy atom. The minimum Gasteiger partial charge on any atom is -0.465 e. The maximum Gasteiger partial charge on any atom is 0.337 e. The molecule has 2 rings (SSSR count). The van der Waals surface area contributed by atoms with Gasteiger partial charge in [0.05, 0.1) is 18.4 Å². The van der Waals surface area contributed by atoms with Gasteiger partial charge in [-0.3, -0.25) is 4.79 Å². The van der Waals surface area contributed by atoms with Gasteiger partial charge in [0.2, 0.25) is 5.91 Å². The largest absolute Gasteiger partial charge is 0.465 e. The van der Waals surface area contributed by atoms with E-state index in [1.165, 1.54) is 19.2 Å². The van der Waals surface area contributed by atoms with Gasteiger partial charge in [0.15, 0.2) is 9.84 Å². The van der Waals surface area contributed by atoms with Gasteiger partial charge in [-0.05, 0) is 42.3 Å². The molecule has 0 unspecified atom stereocenters. The summed E-state index contributed by atoms with van der Waals surface area (Å²) in [4.78, 5) is 23.5. The molecule has 1 amide bonds. The van der Waals surface area contributed by atoms with E-state index in [-0.39, 0.29) is 11.3 Å². The van der Waals surface area contributed by atoms with Gasteiger partial charge in [-0.2, -0.15) is 0 Å². The first-order valence-electron chi connectivity index (χ1n) is 7.53. The topological polar surface area (TPSA) is 89.5 Å². The van der Waals surface area contributed by atoms with E-state index in [0.29, 0.717) is 11.3 Å². The summed E-state index contributed by atoms with van der Waals surface area (Å²) in [5, 5.41) is 2.57. The Balaban J connectivity index is 2.04. The fourth-order valence-corrected chi connectivity index (χ4v) is 3.59. The van der Waals surface area contributed by atoms with Crippen LogP contribution in [0.5, 0.6) is 0 Å². The third kappa shape index (κ3) is 5.72. The summed E-state index contributed by atoms with van der Waals surface area (Å²) in [5.41, 5.74) is 2.19. The molecule has 0 saturated carbocycles. The molecule has 0 aliphatic carbocycles. The van der Waals surface area contributed by atoms with Crippen LogP contribution in [0, 0.1) is 6.92 Å². The Hall–Kier alpha value is -2.67. The Labute approximate surface area is 146 Å². The van der Waals surface area contributed by atoms with Crippen molar-refractivity contribution in [3.63, 3.8) is 0 Å². The van der Waals surface area contributed by atoms with Crippen molar-refractivity contribution in [3.8, 4) is 0 Å². The Morgan fingerprint density at radius 3 is 2.48 bits per heavy atom. The molecule has 2 aromatic rings. The van der Waals surface area contributed by atoms with Crippen molar-refractivity contribution in [2.75, 3.05) is 18.2 Å². The number of sulfone groups is 1. The van der Waals surface area contributed by atoms with Crippen LogP contribution < -0.4 is 5.32 Å². The third-order valence-electron chi connectivity index (χ3n) is 3.39. The summed E-state index contributed by atoms with van der Waals surface area (Å²) in [5.74, 6) is -2.12. The summed E-state index contributed by atoms with van der Waals surface area (Å²) >= 11 is 0. The number of benzene rings is 2. The molecule has 0 heterocycles. The number of rotatable bonds is 6. The number of esters is 1. The smallest absolute Gasteiger partial charge is 0.337 e. The fraction of sp³-hybridized carbons (Fsp3) is 0.222. The second-order valence-electron chi connectivity index (χ2n) is 5.64. The van der Waals surface area contributed by atoms with E-state index in [2.05, 4.69) is 10.1 Å². The molecule has 0 radical (unpaired) electrons. The van der Waals surface area contributed by atoms with E-state index in [4.69, 9.17) is 0 Å². The number of methoxy groups -OCH3 is 1. The van der Waals surface area contributed by atoms with Crippen LogP contribution >= 0.6 is 0 Å². The molecular weight excluding hydrogens is 342 g/mol. The molecule has 0 fully saturated rings. The number of carbonyl (C=O) groups is 2. The predicted octanol–water partition coefficient (Wildman–Crippen LogP) is 2.34. The second-order valence-corrected chi connectivity index (χ2v) is 7.71. The third-order valence-corrected chi connectivity index (χ3v) is 4.86. The number of amides is 1. The standard InChI is InChI=1S/C18H19NO5S/c1-13-5-3-8-16(9-13)19-17(20)12-25(22,23)11-14-6-4-7-15(10-14)18(21)24-2/h3-10H,11-12H2,1-2H3,(H,19,20). The van der Waals surface area contributed by atoms with Crippen LogP contribution in [0.1, 0.15) is 21.5 Å². The van der Waals surface area contributed by atoms with Crippen molar-refractivity contribution in [1.29, 1.82) is 0 Å². The lowest BCUT2D eigenvalue weighted by Gasteiger charge is -2.08. The van der Waals surface area contributed by atoms with Crippen molar-refractivity contribution in [1.82, 2.24) is 0 Å². The molecule has 2 aromatic carbocycles. The number of aryl methyl sites for hydroxylation is 1. The zero-order chi connectivity index (χ0) is 18.4. The summed E-state index contributed by atoms with van der Waals surface area (Å²) in [6, 6.07) is 13.2. The summed E-state index contributed by atoms with van der Waals surface area (Å²) < 4.78 is 29.1. The lowest BCUT2D eigenvalue weighted by atomic mass is 10.1. The van der Waals surface area contributed by atoms with Crippen LogP contribution in [0.2, 0.25) is 0 Å². The van der Waals surface area contributed by atoms with Gasteiger partial charge in [-0.1, -0.05) is 24.3 Å². The summed E-state index contributed by atoms with van der Waals surface area (Å²) in [6.45, 7) is 1.88. The first-order chi connectivity index (χ1) is 11.8. The van der Waals surface area contributed by atoms with Crippen LogP contribution in [-0.2, 0) is 25.1 Å². The molecule has 0 spiro atoms. The van der Waals surface area contributed by atoms with E-state index >= 15 is 0 Å². The Kier molecular flexibility index (Phi) is 5.93. The summed E-state index contributed by atoms with van der Waals surface area (Å²) in [7, 11) is -2.43. The molecule has 0 aliphatic rings. The zero-order valence-corrected chi connectivity index (χ0v) is 14.8. The number of hydrogen-bond donors (Lipinski definition) is 1. The molecule has 0 bridgehead atoms. The van der Waals surface area contributed by atoms with Crippen molar-refractivity contribution in [2.45, 2.75) is 12.7 Å². The number of anilines is 1. The molecule has 6 nitrogen and oxygen atoms in total. The number of nitrogens with one attached hydrogen (secondary N) is 1. The number of hydrogen-bond acceptors (Lipinski definition) is 5. The lowest BCUT2D eigenvalue weighted by molar-refractivity contribution is -0.113. The van der Waals surface area contributed by atoms with E-state index in [0.717, 1.165) is 5.56 Å². The maximum absolute atomic E-state index is 12.2. The molecule has 0 atom stereocenters. The highest BCUT2D eigenvalue weighted by molar-refractivity contribution is 7.91. The van der Waals surface area contributed by atoms with Crippen molar-refractivity contribution in [3.05, 3.63) is 65.2 Å². The Bertz CT molecular complexity index is 890. The van der Waals surface area contributed by atoms with Crippen molar-refractivity contribution in [2.24, 2.45) is 0 Å². The highest BCUT2D eigenvalue weighted by Gasteiger charge is 2.18. The van der Waals surface area contributed by atoms with Gasteiger partial charge in [0, 0.05) is 5.69 Å². The monoisotopic (exact) mass is 361 g/mol. The van der Waals surface area contributed by atoms with Crippen LogP contribution in [0.15, 0.2) is 48.5 Å². The minimum absolute atomic E-state index is 0.263. The van der Waals surface area contributed by atoms with Gasteiger partial charge in [-0.15, -0.1) is 0 Å². The maximum atomic E-state index is 12.2. The first-order valence-corrected chi connectivity index (χ1v) is 9.35. The van der Waals surface area contributed by atoms with E-state index in [9.17, 15) is 18.0 Å². The van der Waals surface area contributed by atoms with E-state index < -0.39 is 27.5 Å². The predicted molar refractivity (Wildman–Crippen MR) is 95.1 cm³/mol. The van der Waals surface area contributed by atoms with Crippen LogP contribution in [-0.4, -0.2) is 33.2 Å². The van der Waals surface area contributed by atoms with Crippen LogP contribution in [0.25, 0.3) is 0 Å². The first kappa shape index (κ1) is 18.7. The minimum atomic E-state index is -3.68. The molecule has 0 saturated heterocycles. The van der Waals surface area contributed by atoms with Gasteiger partial charge in [0.1, 0.15) is 5.75 Å². The molecule has 7 heteroatoms. The summed E-state index contributed by atoms with van der Waals surface area (Å²) in [6.07, 6.45) is 0. The van der Waals surface area contributed by atoms with Crippen molar-refractivity contribution < 1.29 is 22.7 Å². The van der Waals surface area contributed by atoms with Gasteiger partial charge in [0.25, 0.3) is 0 Å². The molecule has 0 aromatic heterocycles. The fourth-order valence-electron chi connectivity index (χ4n) is 2.33. The van der Waals surface area contributed by atoms with E-state index in [1.54, 1.807) is 30.3 Å². The Morgan fingerprint density at radius 2 is 1.80 bits per heavy atom. The molecule has 132 valence electrons. The SMILES string of the molecule is COC(=O)c1cccc(CS(=O)(=O)CC(=O)Nc2cccc(C)c2)c1. The van der Waals surface area contributed by atoms with Crippen LogP contribution in [0.3, 0.4) is 0 Å². The molecular formula is C18H19NO5S.